The van der Waals surface area contributed by atoms with Gasteiger partial charge in [0.25, 0.3) is 5.91 Å². The molecule has 3 aromatic rings. The summed E-state index contributed by atoms with van der Waals surface area (Å²) in [6.45, 7) is 0. The fraction of sp³-hybridized carbons (Fsp3) is 0.0556. The Morgan fingerprint density at radius 3 is 2.50 bits per heavy atom. The van der Waals surface area contributed by atoms with Crippen molar-refractivity contribution in [1.29, 1.82) is 0 Å². The van der Waals surface area contributed by atoms with E-state index in [-0.39, 0.29) is 11.5 Å². The van der Waals surface area contributed by atoms with Gasteiger partial charge in [0.05, 0.1) is 24.1 Å². The number of methoxy groups -OCH3 is 1. The quantitative estimate of drug-likeness (QED) is 0.723. The summed E-state index contributed by atoms with van der Waals surface area (Å²) in [6.07, 6.45) is 0. The molecule has 0 spiro atoms. The first-order chi connectivity index (χ1) is 11.7. The summed E-state index contributed by atoms with van der Waals surface area (Å²) in [5.41, 5.74) is 2.54. The molecule has 3 rings (SSSR count). The second kappa shape index (κ2) is 6.78. The van der Waals surface area contributed by atoms with Crippen LogP contribution < -0.4 is 5.32 Å². The zero-order valence-corrected chi connectivity index (χ0v) is 12.9. The van der Waals surface area contributed by atoms with Gasteiger partial charge in [0.2, 0.25) is 0 Å². The van der Waals surface area contributed by atoms with Crippen LogP contribution in [0.5, 0.6) is 0 Å². The van der Waals surface area contributed by atoms with Crippen LogP contribution in [0.4, 0.5) is 5.69 Å². The summed E-state index contributed by atoms with van der Waals surface area (Å²) in [7, 11) is 1.29. The summed E-state index contributed by atoms with van der Waals surface area (Å²) in [6, 6.07) is 17.8. The standard InChI is InChI=1S/C18H15N3O3/c1-24-18(23)13-9-5-6-10-14(13)19-17(22)16-11-15(20-21-16)12-7-3-2-4-8-12/h2-11H,1H3,(H,19,22)(H,20,21). The van der Waals surface area contributed by atoms with E-state index in [4.69, 9.17) is 4.74 Å². The summed E-state index contributed by atoms with van der Waals surface area (Å²) in [5, 5.41) is 9.55. The van der Waals surface area contributed by atoms with Gasteiger partial charge in [-0.25, -0.2) is 4.79 Å². The van der Waals surface area contributed by atoms with E-state index in [1.54, 1.807) is 30.3 Å². The first kappa shape index (κ1) is 15.5. The SMILES string of the molecule is COC(=O)c1ccccc1NC(=O)c1cc(-c2ccccc2)n[nH]1. The Morgan fingerprint density at radius 1 is 1.04 bits per heavy atom. The van der Waals surface area contributed by atoms with E-state index >= 15 is 0 Å². The molecule has 0 radical (unpaired) electrons. The number of ether oxygens (including phenoxy) is 1. The van der Waals surface area contributed by atoms with Gasteiger partial charge in [0, 0.05) is 5.56 Å². The number of nitrogens with one attached hydrogen (secondary N) is 2. The van der Waals surface area contributed by atoms with Gasteiger partial charge in [0.15, 0.2) is 0 Å². The number of rotatable bonds is 4. The van der Waals surface area contributed by atoms with Crippen molar-refractivity contribution < 1.29 is 14.3 Å². The van der Waals surface area contributed by atoms with E-state index in [0.717, 1.165) is 5.56 Å². The second-order valence-electron chi connectivity index (χ2n) is 5.02. The first-order valence-corrected chi connectivity index (χ1v) is 7.28. The summed E-state index contributed by atoms with van der Waals surface area (Å²) >= 11 is 0. The van der Waals surface area contributed by atoms with E-state index in [2.05, 4.69) is 15.5 Å². The van der Waals surface area contributed by atoms with Crippen molar-refractivity contribution in [2.24, 2.45) is 0 Å². The summed E-state index contributed by atoms with van der Waals surface area (Å²) in [4.78, 5) is 24.1. The molecule has 0 aliphatic carbocycles. The fourth-order valence-electron chi connectivity index (χ4n) is 2.26. The predicted molar refractivity (Wildman–Crippen MR) is 89.8 cm³/mol. The van der Waals surface area contributed by atoms with Crippen molar-refractivity contribution in [2.75, 3.05) is 12.4 Å². The maximum absolute atomic E-state index is 12.4. The average molecular weight is 321 g/mol. The van der Waals surface area contributed by atoms with E-state index in [1.807, 2.05) is 30.3 Å². The van der Waals surface area contributed by atoms with Crippen LogP contribution in [-0.2, 0) is 4.74 Å². The number of aromatic nitrogens is 2. The smallest absolute Gasteiger partial charge is 0.339 e. The van der Waals surface area contributed by atoms with Crippen LogP contribution >= 0.6 is 0 Å². The maximum Gasteiger partial charge on any atom is 0.339 e. The van der Waals surface area contributed by atoms with Crippen molar-refractivity contribution in [1.82, 2.24) is 10.2 Å². The van der Waals surface area contributed by atoms with Crippen LogP contribution in [0.25, 0.3) is 11.3 Å². The van der Waals surface area contributed by atoms with Crippen LogP contribution in [0, 0.1) is 0 Å². The topological polar surface area (TPSA) is 84.1 Å². The van der Waals surface area contributed by atoms with Gasteiger partial charge >= 0.3 is 5.97 Å². The Bertz CT molecular complexity index is 872. The summed E-state index contributed by atoms with van der Waals surface area (Å²) < 4.78 is 4.72. The van der Waals surface area contributed by atoms with Gasteiger partial charge in [-0.15, -0.1) is 0 Å². The highest BCUT2D eigenvalue weighted by molar-refractivity contribution is 6.07. The minimum atomic E-state index is -0.513. The first-order valence-electron chi connectivity index (χ1n) is 7.28. The van der Waals surface area contributed by atoms with Crippen LogP contribution in [0.2, 0.25) is 0 Å². The molecule has 0 saturated heterocycles. The number of benzene rings is 2. The number of amides is 1. The Balaban J connectivity index is 1.82. The molecular weight excluding hydrogens is 306 g/mol. The lowest BCUT2D eigenvalue weighted by atomic mass is 10.1. The molecular formula is C18H15N3O3. The van der Waals surface area contributed by atoms with Gasteiger partial charge in [-0.3, -0.25) is 9.89 Å². The van der Waals surface area contributed by atoms with E-state index in [0.29, 0.717) is 17.1 Å². The molecule has 1 heterocycles. The molecule has 0 aliphatic heterocycles. The van der Waals surface area contributed by atoms with Crippen LogP contribution in [0.3, 0.4) is 0 Å². The number of esters is 1. The van der Waals surface area contributed by atoms with E-state index in [9.17, 15) is 9.59 Å². The third-order valence-electron chi connectivity index (χ3n) is 3.47. The number of anilines is 1. The molecule has 24 heavy (non-hydrogen) atoms. The predicted octanol–water partition coefficient (Wildman–Crippen LogP) is 3.12. The van der Waals surface area contributed by atoms with Gasteiger partial charge < -0.3 is 10.1 Å². The molecule has 2 N–H and O–H groups in total. The minimum Gasteiger partial charge on any atom is -0.465 e. The number of carbonyl (C=O) groups excluding carboxylic acids is 2. The lowest BCUT2D eigenvalue weighted by Gasteiger charge is -2.08. The third-order valence-corrected chi connectivity index (χ3v) is 3.47. The van der Waals surface area contributed by atoms with Crippen LogP contribution in [0.1, 0.15) is 20.8 Å². The van der Waals surface area contributed by atoms with Crippen molar-refractivity contribution in [3.63, 3.8) is 0 Å². The number of aromatic amines is 1. The number of hydrogen-bond acceptors (Lipinski definition) is 4. The van der Waals surface area contributed by atoms with E-state index < -0.39 is 5.97 Å². The molecule has 6 nitrogen and oxygen atoms in total. The lowest BCUT2D eigenvalue weighted by Crippen LogP contribution is -2.15. The van der Waals surface area contributed by atoms with Crippen LogP contribution in [0.15, 0.2) is 60.7 Å². The van der Waals surface area contributed by atoms with Crippen molar-refractivity contribution >= 4 is 17.6 Å². The Hall–Kier alpha value is -3.41. The Morgan fingerprint density at radius 2 is 1.75 bits per heavy atom. The molecule has 0 fully saturated rings. The molecule has 0 bridgehead atoms. The zero-order chi connectivity index (χ0) is 16.9. The molecule has 120 valence electrons. The largest absolute Gasteiger partial charge is 0.465 e. The van der Waals surface area contributed by atoms with Crippen molar-refractivity contribution in [2.45, 2.75) is 0 Å². The average Bonchev–Trinajstić information content (AvgIpc) is 3.12. The van der Waals surface area contributed by atoms with Crippen LogP contribution in [-0.4, -0.2) is 29.2 Å². The van der Waals surface area contributed by atoms with Gasteiger partial charge in [-0.2, -0.15) is 5.10 Å². The van der Waals surface area contributed by atoms with Gasteiger partial charge in [-0.05, 0) is 18.2 Å². The van der Waals surface area contributed by atoms with Crippen molar-refractivity contribution in [3.8, 4) is 11.3 Å². The minimum absolute atomic E-state index is 0.288. The zero-order valence-electron chi connectivity index (χ0n) is 12.9. The maximum atomic E-state index is 12.4. The monoisotopic (exact) mass is 321 g/mol. The number of hydrogen-bond donors (Lipinski definition) is 2. The Kier molecular flexibility index (Phi) is 4.38. The van der Waals surface area contributed by atoms with Gasteiger partial charge in [-0.1, -0.05) is 42.5 Å². The highest BCUT2D eigenvalue weighted by Gasteiger charge is 2.16. The molecule has 0 saturated carbocycles. The van der Waals surface area contributed by atoms with E-state index in [1.165, 1.54) is 7.11 Å². The molecule has 1 amide bonds. The molecule has 0 atom stereocenters. The number of carbonyl (C=O) groups is 2. The second-order valence-corrected chi connectivity index (χ2v) is 5.02. The molecule has 0 unspecified atom stereocenters. The Labute approximate surface area is 138 Å². The van der Waals surface area contributed by atoms with Gasteiger partial charge in [0.1, 0.15) is 5.69 Å². The molecule has 6 heteroatoms. The highest BCUT2D eigenvalue weighted by Crippen LogP contribution is 2.19. The third kappa shape index (κ3) is 3.17. The number of nitrogens with zero attached hydrogens (tertiary/aromatic N) is 1. The molecule has 0 aliphatic rings. The molecule has 1 aromatic heterocycles. The van der Waals surface area contributed by atoms with Crippen molar-refractivity contribution in [3.05, 3.63) is 71.9 Å². The number of H-pyrrole nitrogens is 1. The number of para-hydroxylation sites is 1. The lowest BCUT2D eigenvalue weighted by molar-refractivity contribution is 0.0602. The fourth-order valence-corrected chi connectivity index (χ4v) is 2.26. The molecule has 2 aromatic carbocycles. The summed E-state index contributed by atoms with van der Waals surface area (Å²) in [5.74, 6) is -0.901. The highest BCUT2D eigenvalue weighted by atomic mass is 16.5. The normalized spacial score (nSPS) is 10.2.